The Bertz CT molecular complexity index is 719. The average molecular weight is 553 g/mol. The third-order valence-electron chi connectivity index (χ3n) is 4.69. The summed E-state index contributed by atoms with van der Waals surface area (Å²) in [6, 6.07) is 10.1. The summed E-state index contributed by atoms with van der Waals surface area (Å²) in [5.74, 6) is -0.0989. The largest absolute Gasteiger partial charge is 0.406 e. The smallest absolute Gasteiger partial charge is 0.357 e. The molecule has 0 bridgehead atoms. The summed E-state index contributed by atoms with van der Waals surface area (Å²) in [5, 5.41) is 3.12. The molecular formula is C21H31F3IN5O. The van der Waals surface area contributed by atoms with Gasteiger partial charge in [-0.3, -0.25) is 9.69 Å². The van der Waals surface area contributed by atoms with Crippen molar-refractivity contribution in [2.24, 2.45) is 4.99 Å². The Morgan fingerprint density at radius 1 is 1.19 bits per heavy atom. The summed E-state index contributed by atoms with van der Waals surface area (Å²) in [6.07, 6.45) is -0.176. The molecule has 0 spiro atoms. The molecule has 1 saturated heterocycles. The molecule has 1 aliphatic heterocycles. The summed E-state index contributed by atoms with van der Waals surface area (Å²) in [6.45, 7) is 4.94. The normalized spacial score (nSPS) is 15.6. The number of nitrogens with zero attached hydrogens (tertiary/aromatic N) is 4. The van der Waals surface area contributed by atoms with Gasteiger partial charge in [0.2, 0.25) is 5.91 Å². The molecule has 1 fully saturated rings. The number of hydrogen-bond donors (Lipinski definition) is 1. The highest BCUT2D eigenvalue weighted by molar-refractivity contribution is 14.0. The van der Waals surface area contributed by atoms with Crippen LogP contribution in [0.5, 0.6) is 0 Å². The number of benzene rings is 1. The zero-order valence-electron chi connectivity index (χ0n) is 17.9. The van der Waals surface area contributed by atoms with Gasteiger partial charge in [-0.05, 0) is 12.5 Å². The molecule has 10 heteroatoms. The number of likely N-dealkylation sites (N-methyl/N-ethyl adjacent to an activating group) is 1. The first-order valence-electron chi connectivity index (χ1n) is 10.1. The predicted molar refractivity (Wildman–Crippen MR) is 129 cm³/mol. The van der Waals surface area contributed by atoms with E-state index in [1.807, 2.05) is 30.0 Å². The van der Waals surface area contributed by atoms with Gasteiger partial charge < -0.3 is 15.1 Å². The second-order valence-electron chi connectivity index (χ2n) is 7.14. The van der Waals surface area contributed by atoms with Crippen molar-refractivity contribution in [1.29, 1.82) is 0 Å². The molecule has 0 aliphatic carbocycles. The third kappa shape index (κ3) is 10.4. The van der Waals surface area contributed by atoms with Gasteiger partial charge in [0.15, 0.2) is 5.96 Å². The summed E-state index contributed by atoms with van der Waals surface area (Å²) in [7, 11) is 1.14. The van der Waals surface area contributed by atoms with Crippen LogP contribution in [0.1, 0.15) is 12.5 Å². The van der Waals surface area contributed by atoms with Crippen LogP contribution in [0.15, 0.2) is 41.4 Å². The Morgan fingerprint density at radius 3 is 2.42 bits per heavy atom. The predicted octanol–water partition coefficient (Wildman–Crippen LogP) is 2.92. The van der Waals surface area contributed by atoms with Gasteiger partial charge in [0.25, 0.3) is 0 Å². The molecule has 6 nitrogen and oxygen atoms in total. The lowest BCUT2D eigenvalue weighted by Gasteiger charge is -2.36. The number of aliphatic imine (C=N–C) groups is 1. The molecule has 0 saturated carbocycles. The van der Waals surface area contributed by atoms with Crippen molar-refractivity contribution in [3.63, 3.8) is 0 Å². The molecule has 1 aliphatic rings. The maximum absolute atomic E-state index is 12.4. The topological polar surface area (TPSA) is 51.2 Å². The van der Waals surface area contributed by atoms with Gasteiger partial charge in [0.05, 0.1) is 0 Å². The molecule has 31 heavy (non-hydrogen) atoms. The summed E-state index contributed by atoms with van der Waals surface area (Å²) in [4.78, 5) is 21.2. The highest BCUT2D eigenvalue weighted by Gasteiger charge is 2.31. The molecule has 0 atom stereocenters. The van der Waals surface area contributed by atoms with E-state index in [0.717, 1.165) is 45.3 Å². The molecule has 1 heterocycles. The Hall–Kier alpha value is -1.82. The number of piperazine rings is 1. The first-order chi connectivity index (χ1) is 14.3. The first-order valence-corrected chi connectivity index (χ1v) is 10.1. The minimum atomic E-state index is -4.41. The number of guanidine groups is 1. The highest BCUT2D eigenvalue weighted by Crippen LogP contribution is 2.15. The molecule has 174 valence electrons. The molecule has 0 aromatic heterocycles. The van der Waals surface area contributed by atoms with Gasteiger partial charge in [0, 0.05) is 46.3 Å². The van der Waals surface area contributed by atoms with E-state index in [1.54, 1.807) is 0 Å². The fraction of sp³-hybridized carbons (Fsp3) is 0.524. The lowest BCUT2D eigenvalue weighted by atomic mass is 10.2. The van der Waals surface area contributed by atoms with Gasteiger partial charge in [-0.25, -0.2) is 4.99 Å². The Balaban J connectivity index is 0.00000480. The molecule has 1 aromatic carbocycles. The number of halogens is 4. The molecule has 1 amide bonds. The van der Waals surface area contributed by atoms with E-state index < -0.39 is 18.6 Å². The lowest BCUT2D eigenvalue weighted by Crippen LogP contribution is -2.52. The maximum Gasteiger partial charge on any atom is 0.406 e. The highest BCUT2D eigenvalue weighted by atomic mass is 127. The van der Waals surface area contributed by atoms with E-state index in [-0.39, 0.29) is 30.5 Å². The number of nitrogens with one attached hydrogen (secondary N) is 1. The van der Waals surface area contributed by atoms with Crippen LogP contribution in [0.4, 0.5) is 13.2 Å². The van der Waals surface area contributed by atoms with Gasteiger partial charge >= 0.3 is 6.18 Å². The second kappa shape index (κ2) is 13.6. The standard InChI is InChI=1S/C21H30F3N5O.HI/c1-3-25-20(26-16-19(30)27(2)17-21(22,23)24)29-14-12-28(13-15-29)11-7-10-18-8-5-4-6-9-18;/h4-10H,3,11-17H2,1-2H3,(H,25,26);1H/b10-7+;. The lowest BCUT2D eigenvalue weighted by molar-refractivity contribution is -0.157. The number of hydrogen-bond acceptors (Lipinski definition) is 3. The molecule has 1 aromatic rings. The maximum atomic E-state index is 12.4. The van der Waals surface area contributed by atoms with Crippen LogP contribution in [0.2, 0.25) is 0 Å². The van der Waals surface area contributed by atoms with Gasteiger partial charge in [-0.1, -0.05) is 42.5 Å². The van der Waals surface area contributed by atoms with Crippen molar-refractivity contribution in [3.05, 3.63) is 42.0 Å². The number of carbonyl (C=O) groups excluding carboxylic acids is 1. The van der Waals surface area contributed by atoms with Crippen LogP contribution < -0.4 is 5.32 Å². The van der Waals surface area contributed by atoms with E-state index in [4.69, 9.17) is 0 Å². The summed E-state index contributed by atoms with van der Waals surface area (Å²) in [5.41, 5.74) is 1.16. The van der Waals surface area contributed by atoms with E-state index >= 15 is 0 Å². The zero-order chi connectivity index (χ0) is 22.0. The fourth-order valence-corrected chi connectivity index (χ4v) is 3.09. The second-order valence-corrected chi connectivity index (χ2v) is 7.14. The number of rotatable bonds is 7. The van der Waals surface area contributed by atoms with Crippen LogP contribution in [0.3, 0.4) is 0 Å². The van der Waals surface area contributed by atoms with Crippen molar-refractivity contribution in [3.8, 4) is 0 Å². The van der Waals surface area contributed by atoms with Crippen molar-refractivity contribution in [2.45, 2.75) is 13.1 Å². The summed E-state index contributed by atoms with van der Waals surface area (Å²) < 4.78 is 37.3. The number of amides is 1. The molecule has 2 rings (SSSR count). The zero-order valence-corrected chi connectivity index (χ0v) is 20.3. The summed E-state index contributed by atoms with van der Waals surface area (Å²) >= 11 is 0. The van der Waals surface area contributed by atoms with E-state index in [1.165, 1.54) is 0 Å². The minimum absolute atomic E-state index is 0. The monoisotopic (exact) mass is 553 g/mol. The number of carbonyl (C=O) groups is 1. The van der Waals surface area contributed by atoms with Crippen LogP contribution >= 0.6 is 24.0 Å². The van der Waals surface area contributed by atoms with E-state index in [2.05, 4.69) is 39.5 Å². The molecule has 0 unspecified atom stereocenters. The van der Waals surface area contributed by atoms with Crippen molar-refractivity contribution in [2.75, 3.05) is 59.4 Å². The van der Waals surface area contributed by atoms with Crippen LogP contribution in [-0.2, 0) is 4.79 Å². The average Bonchev–Trinajstić information content (AvgIpc) is 2.71. The van der Waals surface area contributed by atoms with E-state index in [9.17, 15) is 18.0 Å². The van der Waals surface area contributed by atoms with Crippen LogP contribution in [0.25, 0.3) is 6.08 Å². The van der Waals surface area contributed by atoms with Crippen molar-refractivity contribution < 1.29 is 18.0 Å². The van der Waals surface area contributed by atoms with Crippen molar-refractivity contribution >= 4 is 41.9 Å². The van der Waals surface area contributed by atoms with Crippen molar-refractivity contribution in [1.82, 2.24) is 20.0 Å². The SMILES string of the molecule is CCNC(=NCC(=O)N(C)CC(F)(F)F)N1CCN(C/C=C/c2ccccc2)CC1.I. The number of alkyl halides is 3. The van der Waals surface area contributed by atoms with Crippen LogP contribution in [-0.4, -0.2) is 92.1 Å². The molecule has 0 radical (unpaired) electrons. The Labute approximate surface area is 199 Å². The minimum Gasteiger partial charge on any atom is -0.357 e. The Kier molecular flexibility index (Phi) is 11.9. The fourth-order valence-electron chi connectivity index (χ4n) is 3.09. The molecule has 1 N–H and O–H groups in total. The van der Waals surface area contributed by atoms with Crippen LogP contribution in [0, 0.1) is 0 Å². The van der Waals surface area contributed by atoms with Gasteiger partial charge in [-0.15, -0.1) is 24.0 Å². The van der Waals surface area contributed by atoms with Gasteiger partial charge in [0.1, 0.15) is 13.1 Å². The Morgan fingerprint density at radius 2 is 1.84 bits per heavy atom. The first kappa shape index (κ1) is 27.2. The van der Waals surface area contributed by atoms with Gasteiger partial charge in [-0.2, -0.15) is 13.2 Å². The molecular weight excluding hydrogens is 522 g/mol. The quantitative estimate of drug-likeness (QED) is 0.321. The van der Waals surface area contributed by atoms with E-state index in [0.29, 0.717) is 17.4 Å². The third-order valence-corrected chi connectivity index (χ3v) is 4.69.